The van der Waals surface area contributed by atoms with Crippen LogP contribution in [0.1, 0.15) is 24.4 Å². The molecule has 0 aliphatic carbocycles. The molecule has 0 unspecified atom stereocenters. The topological polar surface area (TPSA) is 71.1 Å². The van der Waals surface area contributed by atoms with E-state index in [1.807, 2.05) is 14.1 Å². The normalized spacial score (nSPS) is 17.7. The molecule has 1 fully saturated rings. The first-order valence-corrected chi connectivity index (χ1v) is 11.8. The molecule has 1 saturated heterocycles. The van der Waals surface area contributed by atoms with Gasteiger partial charge in [0.2, 0.25) is 10.0 Å². The maximum atomic E-state index is 13.0. The van der Waals surface area contributed by atoms with E-state index in [1.165, 1.54) is 6.07 Å². The molecule has 0 bridgehead atoms. The summed E-state index contributed by atoms with van der Waals surface area (Å²) in [5, 5.41) is 0. The molecular weight excluding hydrogens is 402 g/mol. The number of fused-ring (bicyclic) bond motifs is 1. The first kappa shape index (κ1) is 21.0. The Kier molecular flexibility index (Phi) is 6.17. The van der Waals surface area contributed by atoms with Crippen LogP contribution in [0.15, 0.2) is 47.4 Å². The van der Waals surface area contributed by atoms with E-state index >= 15 is 0 Å². The third kappa shape index (κ3) is 4.55. The molecule has 2 aromatic carbocycles. The summed E-state index contributed by atoms with van der Waals surface area (Å²) < 4.78 is 39.8. The van der Waals surface area contributed by atoms with E-state index in [9.17, 15) is 8.42 Å². The van der Waals surface area contributed by atoms with Gasteiger partial charge < -0.3 is 14.4 Å². The number of anilines is 1. The summed E-state index contributed by atoms with van der Waals surface area (Å²) in [5.74, 6) is 1.05. The summed E-state index contributed by atoms with van der Waals surface area (Å²) in [5.41, 5.74) is 2.24. The highest BCUT2D eigenvalue weighted by Crippen LogP contribution is 2.32. The van der Waals surface area contributed by atoms with Gasteiger partial charge in [-0.15, -0.1) is 0 Å². The molecule has 162 valence electrons. The maximum Gasteiger partial charge on any atom is 0.240 e. The van der Waals surface area contributed by atoms with E-state index in [4.69, 9.17) is 9.47 Å². The standard InChI is InChI=1S/C22H29N3O4S/c1-24(2)18-7-5-17(6-8-18)20(25-11-3-4-12-25)16-23-30(26,27)19-9-10-21-22(15-19)29-14-13-28-21/h5-10,15,20,23H,3-4,11-14,16H2,1-2H3/t20-/m1/s1. The fourth-order valence-corrected chi connectivity index (χ4v) is 5.02. The van der Waals surface area contributed by atoms with Crippen LogP contribution in [0.25, 0.3) is 0 Å². The van der Waals surface area contributed by atoms with E-state index in [0.29, 0.717) is 31.3 Å². The largest absolute Gasteiger partial charge is 0.486 e. The fourth-order valence-electron chi connectivity index (χ4n) is 3.97. The number of nitrogens with one attached hydrogen (secondary N) is 1. The highest BCUT2D eigenvalue weighted by Gasteiger charge is 2.26. The van der Waals surface area contributed by atoms with Crippen LogP contribution >= 0.6 is 0 Å². The number of sulfonamides is 1. The minimum atomic E-state index is -3.67. The quantitative estimate of drug-likeness (QED) is 0.727. The van der Waals surface area contributed by atoms with E-state index in [2.05, 4.69) is 38.8 Å². The van der Waals surface area contributed by atoms with Gasteiger partial charge in [0.1, 0.15) is 13.2 Å². The molecule has 2 aromatic rings. The lowest BCUT2D eigenvalue weighted by molar-refractivity contribution is 0.171. The van der Waals surface area contributed by atoms with Gasteiger partial charge in [-0.05, 0) is 55.8 Å². The Morgan fingerprint density at radius 3 is 2.33 bits per heavy atom. The third-order valence-electron chi connectivity index (χ3n) is 5.67. The van der Waals surface area contributed by atoms with Gasteiger partial charge in [0, 0.05) is 38.4 Å². The molecule has 2 heterocycles. The first-order valence-electron chi connectivity index (χ1n) is 10.3. The predicted molar refractivity (Wildman–Crippen MR) is 117 cm³/mol. The molecule has 0 radical (unpaired) electrons. The van der Waals surface area contributed by atoms with Gasteiger partial charge in [0.05, 0.1) is 4.90 Å². The van der Waals surface area contributed by atoms with Crippen LogP contribution in [0, 0.1) is 0 Å². The second-order valence-corrected chi connectivity index (χ2v) is 9.67. The second-order valence-electron chi connectivity index (χ2n) is 7.90. The van der Waals surface area contributed by atoms with Crippen LogP contribution in [0.5, 0.6) is 11.5 Å². The molecule has 8 heteroatoms. The van der Waals surface area contributed by atoms with Gasteiger partial charge >= 0.3 is 0 Å². The van der Waals surface area contributed by atoms with Gasteiger partial charge in [-0.2, -0.15) is 0 Å². The van der Waals surface area contributed by atoms with Crippen molar-refractivity contribution in [1.29, 1.82) is 0 Å². The zero-order chi connectivity index (χ0) is 21.1. The van der Waals surface area contributed by atoms with Gasteiger partial charge in [0.25, 0.3) is 0 Å². The van der Waals surface area contributed by atoms with Crippen molar-refractivity contribution in [3.63, 3.8) is 0 Å². The van der Waals surface area contributed by atoms with Gasteiger partial charge in [-0.3, -0.25) is 4.90 Å². The molecule has 4 rings (SSSR count). The van der Waals surface area contributed by atoms with Crippen molar-refractivity contribution in [3.8, 4) is 11.5 Å². The van der Waals surface area contributed by atoms with Crippen LogP contribution in [0.2, 0.25) is 0 Å². The van der Waals surface area contributed by atoms with Crippen LogP contribution in [0.4, 0.5) is 5.69 Å². The number of rotatable bonds is 7. The number of benzene rings is 2. The summed E-state index contributed by atoms with van der Waals surface area (Å²) in [6.07, 6.45) is 2.28. The highest BCUT2D eigenvalue weighted by molar-refractivity contribution is 7.89. The number of nitrogens with zero attached hydrogens (tertiary/aromatic N) is 2. The Morgan fingerprint density at radius 1 is 1.00 bits per heavy atom. The number of ether oxygens (including phenoxy) is 2. The van der Waals surface area contributed by atoms with Crippen LogP contribution < -0.4 is 19.1 Å². The lowest BCUT2D eigenvalue weighted by atomic mass is 10.1. The van der Waals surface area contributed by atoms with E-state index in [1.54, 1.807) is 12.1 Å². The molecule has 1 N–H and O–H groups in total. The molecule has 0 spiro atoms. The minimum absolute atomic E-state index is 0.00398. The molecule has 0 saturated carbocycles. The molecule has 0 amide bonds. The minimum Gasteiger partial charge on any atom is -0.486 e. The Labute approximate surface area is 178 Å². The van der Waals surface area contributed by atoms with E-state index in [-0.39, 0.29) is 10.9 Å². The highest BCUT2D eigenvalue weighted by atomic mass is 32.2. The zero-order valence-electron chi connectivity index (χ0n) is 17.5. The number of likely N-dealkylation sites (tertiary alicyclic amines) is 1. The van der Waals surface area contributed by atoms with Crippen molar-refractivity contribution in [3.05, 3.63) is 48.0 Å². The van der Waals surface area contributed by atoms with E-state index in [0.717, 1.165) is 37.2 Å². The predicted octanol–water partition coefficient (Wildman–Crippen LogP) is 2.64. The summed E-state index contributed by atoms with van der Waals surface area (Å²) in [7, 11) is 0.348. The Bertz CT molecular complexity index is 970. The second kappa shape index (κ2) is 8.83. The van der Waals surface area contributed by atoms with Gasteiger partial charge in [-0.25, -0.2) is 13.1 Å². The van der Waals surface area contributed by atoms with E-state index < -0.39 is 10.0 Å². The Balaban J connectivity index is 1.53. The lowest BCUT2D eigenvalue weighted by Crippen LogP contribution is -2.36. The molecular formula is C22H29N3O4S. The smallest absolute Gasteiger partial charge is 0.240 e. The molecule has 2 aliphatic rings. The van der Waals surface area contributed by atoms with Crippen molar-refractivity contribution in [2.24, 2.45) is 0 Å². The summed E-state index contributed by atoms with van der Waals surface area (Å²) in [6.45, 7) is 3.17. The summed E-state index contributed by atoms with van der Waals surface area (Å²) in [6, 6.07) is 13.1. The van der Waals surface area contributed by atoms with Gasteiger partial charge in [0.15, 0.2) is 11.5 Å². The monoisotopic (exact) mass is 431 g/mol. The summed E-state index contributed by atoms with van der Waals surface area (Å²) in [4.78, 5) is 4.60. The first-order chi connectivity index (χ1) is 14.4. The van der Waals surface area contributed by atoms with Crippen LogP contribution in [-0.2, 0) is 10.0 Å². The van der Waals surface area contributed by atoms with Crippen LogP contribution in [-0.4, -0.2) is 60.3 Å². The van der Waals surface area contributed by atoms with Gasteiger partial charge in [-0.1, -0.05) is 12.1 Å². The van der Waals surface area contributed by atoms with Crippen molar-refractivity contribution < 1.29 is 17.9 Å². The van der Waals surface area contributed by atoms with Crippen LogP contribution in [0.3, 0.4) is 0 Å². The summed E-state index contributed by atoms with van der Waals surface area (Å²) >= 11 is 0. The van der Waals surface area contributed by atoms with Crippen molar-refractivity contribution in [2.45, 2.75) is 23.8 Å². The molecule has 7 nitrogen and oxygen atoms in total. The van der Waals surface area contributed by atoms with Crippen molar-refractivity contribution in [2.75, 3.05) is 51.8 Å². The number of hydrogen-bond acceptors (Lipinski definition) is 6. The molecule has 30 heavy (non-hydrogen) atoms. The fraction of sp³-hybridized carbons (Fsp3) is 0.455. The SMILES string of the molecule is CN(C)c1ccc([C@@H](CNS(=O)(=O)c2ccc3c(c2)OCCO3)N2CCCC2)cc1. The average molecular weight is 432 g/mol. The lowest BCUT2D eigenvalue weighted by Gasteiger charge is -2.28. The number of hydrogen-bond donors (Lipinski definition) is 1. The average Bonchev–Trinajstić information content (AvgIpc) is 3.28. The Morgan fingerprint density at radius 2 is 1.67 bits per heavy atom. The molecule has 1 atom stereocenters. The molecule has 2 aliphatic heterocycles. The Hall–Kier alpha value is -2.29. The third-order valence-corrected chi connectivity index (χ3v) is 7.09. The van der Waals surface area contributed by atoms with Crippen molar-refractivity contribution >= 4 is 15.7 Å². The zero-order valence-corrected chi connectivity index (χ0v) is 18.3. The molecule has 0 aromatic heterocycles. The van der Waals surface area contributed by atoms with Crippen molar-refractivity contribution in [1.82, 2.24) is 9.62 Å². The maximum absolute atomic E-state index is 13.0.